The van der Waals surface area contributed by atoms with Crippen LogP contribution in [0, 0.1) is 11.8 Å². The van der Waals surface area contributed by atoms with E-state index in [4.69, 9.17) is 5.73 Å². The molecule has 1 aromatic rings. The zero-order valence-corrected chi connectivity index (χ0v) is 13.5. The van der Waals surface area contributed by atoms with Gasteiger partial charge in [0, 0.05) is 38.5 Å². The van der Waals surface area contributed by atoms with Gasteiger partial charge < -0.3 is 20.9 Å². The van der Waals surface area contributed by atoms with Crippen molar-refractivity contribution in [3.05, 3.63) is 22.2 Å². The first kappa shape index (κ1) is 17.0. The Kier molecular flexibility index (Phi) is 5.36. The van der Waals surface area contributed by atoms with Gasteiger partial charge in [0.25, 0.3) is 5.56 Å². The molecule has 1 aliphatic heterocycles. The number of nitrogen functional groups attached to an aromatic ring is 1. The summed E-state index contributed by atoms with van der Waals surface area (Å²) in [5.41, 5.74) is 5.18. The Morgan fingerprint density at radius 1 is 1.52 bits per heavy atom. The van der Waals surface area contributed by atoms with E-state index in [1.807, 2.05) is 13.8 Å². The number of nitrogens with zero attached hydrogens (tertiary/aromatic N) is 2. The highest BCUT2D eigenvalue weighted by Gasteiger charge is 2.34. The molecule has 1 saturated heterocycles. The first-order chi connectivity index (χ1) is 10.8. The number of rotatable bonds is 6. The Labute approximate surface area is 134 Å². The fourth-order valence-electron chi connectivity index (χ4n) is 2.66. The van der Waals surface area contributed by atoms with Crippen LogP contribution >= 0.6 is 0 Å². The number of H-pyrrole nitrogens is 1. The van der Waals surface area contributed by atoms with Crippen LogP contribution in [0.3, 0.4) is 0 Å². The van der Waals surface area contributed by atoms with E-state index >= 15 is 0 Å². The molecule has 1 aromatic heterocycles. The van der Waals surface area contributed by atoms with Crippen molar-refractivity contribution in [2.75, 3.05) is 25.4 Å². The summed E-state index contributed by atoms with van der Waals surface area (Å²) >= 11 is 0. The number of aromatic nitrogens is 2. The molecule has 1 atom stereocenters. The molecule has 23 heavy (non-hydrogen) atoms. The van der Waals surface area contributed by atoms with Crippen molar-refractivity contribution >= 4 is 17.6 Å². The molecular formula is C15H23N5O3. The molecule has 1 aliphatic rings. The lowest BCUT2D eigenvalue weighted by atomic mass is 10.1. The number of carbonyl (C=O) groups is 2. The van der Waals surface area contributed by atoms with E-state index in [0.29, 0.717) is 37.8 Å². The van der Waals surface area contributed by atoms with Crippen LogP contribution in [-0.2, 0) is 16.0 Å². The summed E-state index contributed by atoms with van der Waals surface area (Å²) in [4.78, 5) is 43.6. The van der Waals surface area contributed by atoms with Crippen molar-refractivity contribution in [1.29, 1.82) is 0 Å². The number of amides is 2. The third-order valence-corrected chi connectivity index (χ3v) is 3.64. The minimum Gasteiger partial charge on any atom is -0.383 e. The van der Waals surface area contributed by atoms with Gasteiger partial charge in [0.15, 0.2) is 0 Å². The molecule has 4 N–H and O–H groups in total. The van der Waals surface area contributed by atoms with Crippen molar-refractivity contribution < 1.29 is 9.59 Å². The number of nitrogens with one attached hydrogen (secondary N) is 2. The van der Waals surface area contributed by atoms with E-state index in [0.717, 1.165) is 0 Å². The average molecular weight is 321 g/mol. The molecule has 0 bridgehead atoms. The van der Waals surface area contributed by atoms with Crippen LogP contribution < -0.4 is 16.6 Å². The zero-order chi connectivity index (χ0) is 17.0. The van der Waals surface area contributed by atoms with Gasteiger partial charge in [-0.25, -0.2) is 4.98 Å². The van der Waals surface area contributed by atoms with Gasteiger partial charge >= 0.3 is 0 Å². The number of anilines is 1. The van der Waals surface area contributed by atoms with Gasteiger partial charge in [-0.1, -0.05) is 13.8 Å². The van der Waals surface area contributed by atoms with Crippen molar-refractivity contribution in [1.82, 2.24) is 20.2 Å². The topological polar surface area (TPSA) is 121 Å². The molecule has 0 radical (unpaired) electrons. The van der Waals surface area contributed by atoms with Crippen LogP contribution in [0.25, 0.3) is 0 Å². The highest BCUT2D eigenvalue weighted by atomic mass is 16.2. The number of hydrogen-bond donors (Lipinski definition) is 3. The zero-order valence-electron chi connectivity index (χ0n) is 13.5. The van der Waals surface area contributed by atoms with E-state index in [1.54, 1.807) is 4.90 Å². The maximum atomic E-state index is 12.1. The summed E-state index contributed by atoms with van der Waals surface area (Å²) in [5.74, 6) is 0.540. The highest BCUT2D eigenvalue weighted by Crippen LogP contribution is 2.19. The van der Waals surface area contributed by atoms with Crippen LogP contribution in [0.2, 0.25) is 0 Å². The van der Waals surface area contributed by atoms with Crippen LogP contribution in [0.4, 0.5) is 5.82 Å². The van der Waals surface area contributed by atoms with Crippen molar-refractivity contribution in [2.24, 2.45) is 11.8 Å². The summed E-state index contributed by atoms with van der Waals surface area (Å²) < 4.78 is 0. The van der Waals surface area contributed by atoms with Gasteiger partial charge in [-0.2, -0.15) is 0 Å². The van der Waals surface area contributed by atoms with Gasteiger partial charge in [-0.3, -0.25) is 14.4 Å². The molecule has 8 nitrogen and oxygen atoms in total. The van der Waals surface area contributed by atoms with E-state index in [1.165, 1.54) is 6.07 Å². The number of carbonyl (C=O) groups excluding carboxylic acids is 2. The molecule has 8 heteroatoms. The number of aromatic amines is 1. The lowest BCUT2D eigenvalue weighted by molar-refractivity contribution is -0.129. The molecule has 2 amide bonds. The molecule has 0 aromatic carbocycles. The summed E-state index contributed by atoms with van der Waals surface area (Å²) in [6.07, 6.45) is 0.633. The third-order valence-electron chi connectivity index (χ3n) is 3.64. The molecule has 0 spiro atoms. The van der Waals surface area contributed by atoms with Gasteiger partial charge in [0.05, 0.1) is 5.92 Å². The Bertz CT molecular complexity index is 640. The number of hydrogen-bond acceptors (Lipinski definition) is 5. The fourth-order valence-corrected chi connectivity index (χ4v) is 2.66. The Balaban J connectivity index is 1.81. The average Bonchev–Trinajstić information content (AvgIpc) is 2.78. The fraction of sp³-hybridized carbons (Fsp3) is 0.600. The highest BCUT2D eigenvalue weighted by molar-refractivity contribution is 5.89. The molecule has 0 saturated carbocycles. The monoisotopic (exact) mass is 321 g/mol. The summed E-state index contributed by atoms with van der Waals surface area (Å²) in [7, 11) is 0. The normalized spacial score (nSPS) is 17.8. The predicted molar refractivity (Wildman–Crippen MR) is 85.5 cm³/mol. The van der Waals surface area contributed by atoms with Gasteiger partial charge in [-0.15, -0.1) is 0 Å². The maximum absolute atomic E-state index is 12.1. The summed E-state index contributed by atoms with van der Waals surface area (Å²) in [5, 5.41) is 2.79. The van der Waals surface area contributed by atoms with Crippen molar-refractivity contribution in [3.63, 3.8) is 0 Å². The van der Waals surface area contributed by atoms with Crippen LogP contribution in [-0.4, -0.2) is 46.3 Å². The van der Waals surface area contributed by atoms with Crippen LogP contribution in [0.1, 0.15) is 26.1 Å². The van der Waals surface area contributed by atoms with Crippen molar-refractivity contribution in [2.45, 2.75) is 26.7 Å². The molecule has 0 aliphatic carbocycles. The van der Waals surface area contributed by atoms with E-state index < -0.39 is 0 Å². The minimum atomic E-state index is -0.315. The predicted octanol–water partition coefficient (Wildman–Crippen LogP) is -0.485. The van der Waals surface area contributed by atoms with Gasteiger partial charge in [0.2, 0.25) is 11.8 Å². The molecular weight excluding hydrogens is 298 g/mol. The van der Waals surface area contributed by atoms with E-state index in [-0.39, 0.29) is 35.5 Å². The first-order valence-corrected chi connectivity index (χ1v) is 7.76. The molecule has 2 heterocycles. The van der Waals surface area contributed by atoms with Gasteiger partial charge in [-0.05, 0) is 5.92 Å². The van der Waals surface area contributed by atoms with Crippen molar-refractivity contribution in [3.8, 4) is 0 Å². The lowest BCUT2D eigenvalue weighted by Gasteiger charge is -2.18. The number of likely N-dealkylation sites (tertiary alicyclic amines) is 1. The smallest absolute Gasteiger partial charge is 0.252 e. The first-order valence-electron chi connectivity index (χ1n) is 7.76. The second kappa shape index (κ2) is 7.26. The Morgan fingerprint density at radius 3 is 2.91 bits per heavy atom. The SMILES string of the molecule is CC(C)CN1C[C@@H](C(=O)NCCc2nc(N)cc(=O)[nH]2)CC1=O. The minimum absolute atomic E-state index is 0.0284. The molecule has 126 valence electrons. The Hall–Kier alpha value is -2.38. The third kappa shape index (κ3) is 4.80. The molecule has 1 fully saturated rings. The second-order valence-electron chi connectivity index (χ2n) is 6.25. The standard InChI is InChI=1S/C15H23N5O3/c1-9(2)7-20-8-10(5-14(20)22)15(23)17-4-3-12-18-11(16)6-13(21)19-12/h6,9-10H,3-5,7-8H2,1-2H3,(H,17,23)(H3,16,18,19,21)/t10-/m0/s1. The second-order valence-corrected chi connectivity index (χ2v) is 6.25. The largest absolute Gasteiger partial charge is 0.383 e. The Morgan fingerprint density at radius 2 is 2.26 bits per heavy atom. The summed E-state index contributed by atoms with van der Waals surface area (Å²) in [6, 6.07) is 1.20. The lowest BCUT2D eigenvalue weighted by Crippen LogP contribution is -2.35. The summed E-state index contributed by atoms with van der Waals surface area (Å²) in [6.45, 7) is 5.56. The van der Waals surface area contributed by atoms with Crippen LogP contribution in [0.5, 0.6) is 0 Å². The molecule has 0 unspecified atom stereocenters. The van der Waals surface area contributed by atoms with Crippen LogP contribution in [0.15, 0.2) is 10.9 Å². The quantitative estimate of drug-likeness (QED) is 0.653. The van der Waals surface area contributed by atoms with E-state index in [9.17, 15) is 14.4 Å². The number of nitrogens with two attached hydrogens (primary N) is 1. The molecule has 2 rings (SSSR count). The van der Waals surface area contributed by atoms with Gasteiger partial charge in [0.1, 0.15) is 11.6 Å². The van der Waals surface area contributed by atoms with E-state index in [2.05, 4.69) is 15.3 Å². The maximum Gasteiger partial charge on any atom is 0.252 e.